The van der Waals surface area contributed by atoms with Crippen molar-refractivity contribution in [1.82, 2.24) is 0 Å². The van der Waals surface area contributed by atoms with Gasteiger partial charge in [-0.1, -0.05) is 12.1 Å². The van der Waals surface area contributed by atoms with E-state index in [9.17, 15) is 4.79 Å². The fraction of sp³-hybridized carbons (Fsp3) is 0.0909. The summed E-state index contributed by atoms with van der Waals surface area (Å²) in [4.78, 5) is 10.8. The van der Waals surface area contributed by atoms with Crippen molar-refractivity contribution in [2.75, 3.05) is 12.4 Å². The number of anilines is 1. The highest BCUT2D eigenvalue weighted by molar-refractivity contribution is 7.80. The van der Waals surface area contributed by atoms with Gasteiger partial charge >= 0.3 is 5.97 Å². The summed E-state index contributed by atoms with van der Waals surface area (Å²) < 4.78 is 4.48. The number of hydrogen-bond acceptors (Lipinski definition) is 3. The largest absolute Gasteiger partial charge is 0.466 e. The molecule has 0 radical (unpaired) electrons. The Labute approximate surface area is 99.1 Å². The van der Waals surface area contributed by atoms with Gasteiger partial charge in [-0.2, -0.15) is 0 Å². The molecule has 0 saturated heterocycles. The molecule has 1 rings (SSSR count). The van der Waals surface area contributed by atoms with Gasteiger partial charge in [0, 0.05) is 11.8 Å². The van der Waals surface area contributed by atoms with Gasteiger partial charge in [-0.15, -0.1) is 0 Å². The van der Waals surface area contributed by atoms with Crippen molar-refractivity contribution in [3.8, 4) is 0 Å². The van der Waals surface area contributed by atoms with E-state index in [4.69, 9.17) is 18.0 Å². The van der Waals surface area contributed by atoms with Crippen LogP contribution in [0.5, 0.6) is 0 Å². The lowest BCUT2D eigenvalue weighted by Gasteiger charge is -2.03. The van der Waals surface area contributed by atoms with E-state index >= 15 is 0 Å². The third kappa shape index (κ3) is 4.10. The normalized spacial score (nSPS) is 10.1. The zero-order chi connectivity index (χ0) is 12.0. The first-order valence-corrected chi connectivity index (χ1v) is 4.95. The van der Waals surface area contributed by atoms with Crippen LogP contribution >= 0.6 is 12.2 Å². The molecular formula is C11H12N2O2S. The van der Waals surface area contributed by atoms with Gasteiger partial charge in [0.25, 0.3) is 0 Å². The van der Waals surface area contributed by atoms with Crippen molar-refractivity contribution < 1.29 is 9.53 Å². The number of esters is 1. The van der Waals surface area contributed by atoms with Gasteiger partial charge < -0.3 is 15.8 Å². The second-order valence-electron chi connectivity index (χ2n) is 2.97. The van der Waals surface area contributed by atoms with Crippen LogP contribution in [0.15, 0.2) is 30.3 Å². The number of nitrogens with one attached hydrogen (secondary N) is 1. The Morgan fingerprint density at radius 2 is 2.06 bits per heavy atom. The number of thiocarbonyl (C=S) groups is 1. The van der Waals surface area contributed by atoms with Crippen molar-refractivity contribution in [2.24, 2.45) is 5.73 Å². The predicted molar refractivity (Wildman–Crippen MR) is 67.9 cm³/mol. The third-order valence-electron chi connectivity index (χ3n) is 1.79. The molecule has 0 spiro atoms. The maximum absolute atomic E-state index is 10.8. The predicted octanol–water partition coefficient (Wildman–Crippen LogP) is 1.53. The molecule has 4 nitrogen and oxygen atoms in total. The van der Waals surface area contributed by atoms with Crippen LogP contribution in [-0.4, -0.2) is 18.2 Å². The van der Waals surface area contributed by atoms with Gasteiger partial charge in [-0.3, -0.25) is 0 Å². The molecule has 1 aromatic carbocycles. The lowest BCUT2D eigenvalue weighted by atomic mass is 10.2. The van der Waals surface area contributed by atoms with Crippen LogP contribution in [0.25, 0.3) is 6.08 Å². The highest BCUT2D eigenvalue weighted by Gasteiger charge is 1.94. The Morgan fingerprint density at radius 3 is 2.56 bits per heavy atom. The number of nitrogens with two attached hydrogens (primary N) is 1. The minimum atomic E-state index is -0.384. The maximum Gasteiger partial charge on any atom is 0.330 e. The van der Waals surface area contributed by atoms with E-state index in [1.807, 2.05) is 24.3 Å². The summed E-state index contributed by atoms with van der Waals surface area (Å²) in [6.07, 6.45) is 3.02. The molecule has 0 heterocycles. The molecule has 0 aliphatic rings. The highest BCUT2D eigenvalue weighted by Crippen LogP contribution is 2.10. The van der Waals surface area contributed by atoms with E-state index in [2.05, 4.69) is 10.1 Å². The van der Waals surface area contributed by atoms with Gasteiger partial charge in [-0.25, -0.2) is 4.79 Å². The van der Waals surface area contributed by atoms with Crippen molar-refractivity contribution in [1.29, 1.82) is 0 Å². The van der Waals surface area contributed by atoms with Crippen molar-refractivity contribution in [3.63, 3.8) is 0 Å². The minimum absolute atomic E-state index is 0.220. The Morgan fingerprint density at radius 1 is 1.44 bits per heavy atom. The first kappa shape index (κ1) is 12.2. The molecule has 0 unspecified atom stereocenters. The minimum Gasteiger partial charge on any atom is -0.466 e. The summed E-state index contributed by atoms with van der Waals surface area (Å²) in [6, 6.07) is 7.30. The summed E-state index contributed by atoms with van der Waals surface area (Å²) >= 11 is 4.70. The van der Waals surface area contributed by atoms with Crippen molar-refractivity contribution >= 4 is 35.1 Å². The van der Waals surface area contributed by atoms with Crippen LogP contribution in [0.4, 0.5) is 5.69 Å². The smallest absolute Gasteiger partial charge is 0.330 e. The Kier molecular flexibility index (Phi) is 4.47. The quantitative estimate of drug-likeness (QED) is 0.473. The van der Waals surface area contributed by atoms with Crippen LogP contribution in [0, 0.1) is 0 Å². The standard InChI is InChI=1S/C11H12N2O2S/c1-15-10(14)7-4-8-2-5-9(6-3-8)13-11(12)16/h2-7H,1H3,(H3,12,13,16). The average molecular weight is 236 g/mol. The number of carbonyl (C=O) groups excluding carboxylic acids is 1. The summed E-state index contributed by atoms with van der Waals surface area (Å²) in [5.74, 6) is -0.384. The van der Waals surface area contributed by atoms with Crippen LogP contribution in [0.2, 0.25) is 0 Å². The van der Waals surface area contributed by atoms with Crippen molar-refractivity contribution in [3.05, 3.63) is 35.9 Å². The lowest BCUT2D eigenvalue weighted by molar-refractivity contribution is -0.134. The fourth-order valence-electron chi connectivity index (χ4n) is 1.05. The maximum atomic E-state index is 10.8. The lowest BCUT2D eigenvalue weighted by Crippen LogP contribution is -2.18. The van der Waals surface area contributed by atoms with E-state index in [-0.39, 0.29) is 11.1 Å². The molecule has 1 aromatic rings. The highest BCUT2D eigenvalue weighted by atomic mass is 32.1. The molecule has 0 aliphatic heterocycles. The van der Waals surface area contributed by atoms with E-state index in [0.717, 1.165) is 11.3 Å². The van der Waals surface area contributed by atoms with Gasteiger partial charge in [0.05, 0.1) is 7.11 Å². The van der Waals surface area contributed by atoms with Gasteiger partial charge in [0.1, 0.15) is 0 Å². The van der Waals surface area contributed by atoms with Gasteiger partial charge in [0.2, 0.25) is 0 Å². The molecule has 16 heavy (non-hydrogen) atoms. The molecule has 5 heteroatoms. The van der Waals surface area contributed by atoms with E-state index in [1.165, 1.54) is 13.2 Å². The van der Waals surface area contributed by atoms with Crippen LogP contribution in [0.3, 0.4) is 0 Å². The molecule has 0 saturated carbocycles. The zero-order valence-corrected chi connectivity index (χ0v) is 9.58. The molecular weight excluding hydrogens is 224 g/mol. The summed E-state index contributed by atoms with van der Waals surface area (Å²) in [7, 11) is 1.34. The number of benzene rings is 1. The topological polar surface area (TPSA) is 64.3 Å². The first-order chi connectivity index (χ1) is 7.61. The Hall–Kier alpha value is -1.88. The molecule has 0 bridgehead atoms. The monoisotopic (exact) mass is 236 g/mol. The summed E-state index contributed by atoms with van der Waals surface area (Å²) in [5, 5.41) is 3.02. The van der Waals surface area contributed by atoms with Crippen LogP contribution in [0.1, 0.15) is 5.56 Å². The number of hydrogen-bond donors (Lipinski definition) is 2. The number of ether oxygens (including phenoxy) is 1. The van der Waals surface area contributed by atoms with Crippen LogP contribution in [-0.2, 0) is 9.53 Å². The second kappa shape index (κ2) is 5.87. The molecule has 0 fully saturated rings. The zero-order valence-electron chi connectivity index (χ0n) is 8.77. The summed E-state index contributed by atoms with van der Waals surface area (Å²) in [6.45, 7) is 0. The summed E-state index contributed by atoms with van der Waals surface area (Å²) in [5.41, 5.74) is 7.02. The average Bonchev–Trinajstić information content (AvgIpc) is 2.27. The number of carbonyl (C=O) groups is 1. The van der Waals surface area contributed by atoms with E-state index in [1.54, 1.807) is 6.08 Å². The Balaban J connectivity index is 2.68. The molecule has 0 aliphatic carbocycles. The molecule has 3 N–H and O–H groups in total. The van der Waals surface area contributed by atoms with Gasteiger partial charge in [0.15, 0.2) is 5.11 Å². The number of rotatable bonds is 3. The van der Waals surface area contributed by atoms with Gasteiger partial charge in [-0.05, 0) is 36.0 Å². The molecule has 0 atom stereocenters. The molecule has 84 valence electrons. The van der Waals surface area contributed by atoms with Crippen LogP contribution < -0.4 is 11.1 Å². The van der Waals surface area contributed by atoms with Crippen molar-refractivity contribution in [2.45, 2.75) is 0 Å². The second-order valence-corrected chi connectivity index (χ2v) is 3.41. The SMILES string of the molecule is COC(=O)C=Cc1ccc(NC(N)=S)cc1. The first-order valence-electron chi connectivity index (χ1n) is 4.54. The number of methoxy groups -OCH3 is 1. The molecule has 0 amide bonds. The molecule has 0 aromatic heterocycles. The van der Waals surface area contributed by atoms with E-state index in [0.29, 0.717) is 0 Å². The fourth-order valence-corrected chi connectivity index (χ4v) is 1.17. The van der Waals surface area contributed by atoms with E-state index < -0.39 is 0 Å². The third-order valence-corrected chi connectivity index (χ3v) is 1.89. The Bertz CT molecular complexity index is 412.